The minimum atomic E-state index is 0.568. The number of hydrogen-bond donors (Lipinski definition) is 0. The van der Waals surface area contributed by atoms with Crippen LogP contribution in [0.1, 0.15) is 36.8 Å². The normalized spacial score (nSPS) is 23.6. The van der Waals surface area contributed by atoms with Crippen LogP contribution in [0.4, 0.5) is 0 Å². The van der Waals surface area contributed by atoms with Crippen LogP contribution in [0.5, 0.6) is 5.75 Å². The molecular weight excluding hydrogens is 294 g/mol. The number of benzene rings is 2. The van der Waals surface area contributed by atoms with Crippen LogP contribution in [0.3, 0.4) is 0 Å². The summed E-state index contributed by atoms with van der Waals surface area (Å²) in [6, 6.07) is 20.6. The Hall–Kier alpha value is -2.06. The van der Waals surface area contributed by atoms with Crippen LogP contribution in [0, 0.1) is 0 Å². The topological polar surface area (TPSA) is 12.5 Å². The molecule has 2 bridgehead atoms. The summed E-state index contributed by atoms with van der Waals surface area (Å²) in [5.74, 6) is 0.949. The van der Waals surface area contributed by atoms with E-state index in [0.717, 1.165) is 18.7 Å². The number of fused-ring (bicyclic) bond motifs is 2. The van der Waals surface area contributed by atoms with E-state index in [9.17, 15) is 0 Å². The van der Waals surface area contributed by atoms with Crippen LogP contribution in [0.25, 0.3) is 5.57 Å². The molecule has 2 aliphatic heterocycles. The number of methoxy groups -OCH3 is 1. The quantitative estimate of drug-likeness (QED) is 0.794. The van der Waals surface area contributed by atoms with Crippen molar-refractivity contribution in [2.75, 3.05) is 7.11 Å². The molecule has 0 spiro atoms. The molecule has 0 saturated carbocycles. The van der Waals surface area contributed by atoms with Crippen LogP contribution >= 0.6 is 0 Å². The van der Waals surface area contributed by atoms with Gasteiger partial charge in [0.2, 0.25) is 0 Å². The fraction of sp³-hybridized carbons (Fsp3) is 0.364. The number of ether oxygens (including phenoxy) is 1. The van der Waals surface area contributed by atoms with E-state index in [4.69, 9.17) is 4.74 Å². The highest BCUT2D eigenvalue weighted by Gasteiger charge is 2.34. The van der Waals surface area contributed by atoms with Gasteiger partial charge in [0, 0.05) is 18.6 Å². The lowest BCUT2D eigenvalue weighted by molar-refractivity contribution is 0.0951. The van der Waals surface area contributed by atoms with Gasteiger partial charge in [-0.3, -0.25) is 4.90 Å². The maximum absolute atomic E-state index is 5.40. The van der Waals surface area contributed by atoms with Gasteiger partial charge in [0.25, 0.3) is 0 Å². The van der Waals surface area contributed by atoms with Crippen LogP contribution in [-0.4, -0.2) is 24.1 Å². The third-order valence-corrected chi connectivity index (χ3v) is 5.43. The Labute approximate surface area is 144 Å². The van der Waals surface area contributed by atoms with Crippen molar-refractivity contribution in [3.05, 3.63) is 71.8 Å². The molecule has 4 rings (SSSR count). The standard InChI is InChI=1S/C22H25NO/c1-24-22-12-5-9-18(15-22)19-13-20-10-6-11-21(14-19)23(20)16-17-7-3-2-4-8-17/h2-5,7-9,12-13,15,20-21H,6,10-11,14,16H2,1H3. The van der Waals surface area contributed by atoms with Gasteiger partial charge in [0.15, 0.2) is 0 Å². The van der Waals surface area contributed by atoms with E-state index in [1.807, 2.05) is 6.07 Å². The fourth-order valence-electron chi connectivity index (χ4n) is 4.20. The zero-order valence-electron chi connectivity index (χ0n) is 14.3. The molecule has 2 heteroatoms. The van der Waals surface area contributed by atoms with E-state index in [1.54, 1.807) is 7.11 Å². The minimum absolute atomic E-state index is 0.568. The molecule has 124 valence electrons. The third-order valence-electron chi connectivity index (χ3n) is 5.43. The second kappa shape index (κ2) is 6.82. The molecule has 0 aromatic heterocycles. The number of hydrogen-bond acceptors (Lipinski definition) is 2. The highest BCUT2D eigenvalue weighted by Crippen LogP contribution is 2.38. The highest BCUT2D eigenvalue weighted by atomic mass is 16.5. The van der Waals surface area contributed by atoms with Crippen molar-refractivity contribution in [3.63, 3.8) is 0 Å². The molecule has 0 N–H and O–H groups in total. The van der Waals surface area contributed by atoms with E-state index in [-0.39, 0.29) is 0 Å². The molecule has 0 aliphatic carbocycles. The van der Waals surface area contributed by atoms with Gasteiger partial charge in [-0.15, -0.1) is 0 Å². The van der Waals surface area contributed by atoms with Crippen LogP contribution < -0.4 is 4.74 Å². The van der Waals surface area contributed by atoms with Gasteiger partial charge in [-0.2, -0.15) is 0 Å². The number of piperidine rings is 1. The third kappa shape index (κ3) is 3.11. The Morgan fingerprint density at radius 1 is 1.04 bits per heavy atom. The molecule has 2 nitrogen and oxygen atoms in total. The van der Waals surface area contributed by atoms with Crippen molar-refractivity contribution in [2.45, 2.75) is 44.3 Å². The zero-order chi connectivity index (χ0) is 16.4. The van der Waals surface area contributed by atoms with E-state index < -0.39 is 0 Å². The average Bonchev–Trinajstić information content (AvgIpc) is 2.62. The monoisotopic (exact) mass is 319 g/mol. The smallest absolute Gasteiger partial charge is 0.119 e. The highest BCUT2D eigenvalue weighted by molar-refractivity contribution is 5.68. The van der Waals surface area contributed by atoms with Crippen LogP contribution in [0.2, 0.25) is 0 Å². The van der Waals surface area contributed by atoms with Gasteiger partial charge >= 0.3 is 0 Å². The van der Waals surface area contributed by atoms with Crippen molar-refractivity contribution in [3.8, 4) is 5.75 Å². The maximum atomic E-state index is 5.40. The first-order chi connectivity index (χ1) is 11.8. The average molecular weight is 319 g/mol. The molecule has 1 fully saturated rings. The van der Waals surface area contributed by atoms with Gasteiger partial charge in [-0.25, -0.2) is 0 Å². The first-order valence-corrected chi connectivity index (χ1v) is 8.98. The van der Waals surface area contributed by atoms with E-state index in [1.165, 1.54) is 36.0 Å². The van der Waals surface area contributed by atoms with Gasteiger partial charge in [0.05, 0.1) is 7.11 Å². The Morgan fingerprint density at radius 2 is 1.92 bits per heavy atom. The van der Waals surface area contributed by atoms with Crippen molar-refractivity contribution in [2.24, 2.45) is 0 Å². The zero-order valence-corrected chi connectivity index (χ0v) is 14.3. The van der Waals surface area contributed by atoms with E-state index in [0.29, 0.717) is 12.1 Å². The fourth-order valence-corrected chi connectivity index (χ4v) is 4.20. The summed E-state index contributed by atoms with van der Waals surface area (Å²) >= 11 is 0. The summed E-state index contributed by atoms with van der Waals surface area (Å²) in [5, 5.41) is 0. The molecule has 2 heterocycles. The van der Waals surface area contributed by atoms with Crippen molar-refractivity contribution in [1.82, 2.24) is 4.90 Å². The van der Waals surface area contributed by atoms with Crippen molar-refractivity contribution in [1.29, 1.82) is 0 Å². The van der Waals surface area contributed by atoms with Crippen LogP contribution in [0.15, 0.2) is 60.7 Å². The second-order valence-corrected chi connectivity index (χ2v) is 6.94. The lowest BCUT2D eigenvalue weighted by Gasteiger charge is -2.45. The first kappa shape index (κ1) is 15.5. The Morgan fingerprint density at radius 3 is 2.71 bits per heavy atom. The Balaban J connectivity index is 1.59. The summed E-state index contributed by atoms with van der Waals surface area (Å²) < 4.78 is 5.40. The second-order valence-electron chi connectivity index (χ2n) is 6.94. The lowest BCUT2D eigenvalue weighted by Crippen LogP contribution is -2.47. The van der Waals surface area contributed by atoms with E-state index >= 15 is 0 Å². The summed E-state index contributed by atoms with van der Waals surface area (Å²) in [7, 11) is 1.74. The maximum Gasteiger partial charge on any atom is 0.119 e. The van der Waals surface area contributed by atoms with Crippen LogP contribution in [-0.2, 0) is 6.54 Å². The molecule has 2 aromatic rings. The molecule has 2 aliphatic rings. The molecule has 2 atom stereocenters. The number of nitrogens with zero attached hydrogens (tertiary/aromatic N) is 1. The molecule has 2 unspecified atom stereocenters. The molecule has 0 radical (unpaired) electrons. The lowest BCUT2D eigenvalue weighted by atomic mass is 9.82. The molecule has 1 saturated heterocycles. The molecule has 2 aromatic carbocycles. The molecular formula is C22H25NO. The SMILES string of the molecule is COc1cccc(C2=CC3CCCC(C2)N3Cc2ccccc2)c1. The number of rotatable bonds is 4. The molecule has 24 heavy (non-hydrogen) atoms. The van der Waals surface area contributed by atoms with Gasteiger partial charge < -0.3 is 4.74 Å². The van der Waals surface area contributed by atoms with Gasteiger partial charge in [-0.05, 0) is 48.1 Å². The Kier molecular flexibility index (Phi) is 4.40. The van der Waals surface area contributed by atoms with E-state index in [2.05, 4.69) is 59.5 Å². The minimum Gasteiger partial charge on any atom is -0.497 e. The summed E-state index contributed by atoms with van der Waals surface area (Å²) in [6.45, 7) is 1.07. The van der Waals surface area contributed by atoms with Gasteiger partial charge in [-0.1, -0.05) is 55.0 Å². The predicted octanol–water partition coefficient (Wildman–Crippen LogP) is 4.91. The summed E-state index contributed by atoms with van der Waals surface area (Å²) in [5.41, 5.74) is 4.24. The summed E-state index contributed by atoms with van der Waals surface area (Å²) in [6.07, 6.45) is 7.59. The Bertz CT molecular complexity index is 722. The summed E-state index contributed by atoms with van der Waals surface area (Å²) in [4.78, 5) is 2.71. The molecule has 0 amide bonds. The predicted molar refractivity (Wildman–Crippen MR) is 99.0 cm³/mol. The van der Waals surface area contributed by atoms with Crippen molar-refractivity contribution >= 4 is 5.57 Å². The van der Waals surface area contributed by atoms with Crippen molar-refractivity contribution < 1.29 is 4.74 Å². The van der Waals surface area contributed by atoms with Gasteiger partial charge in [0.1, 0.15) is 5.75 Å². The largest absolute Gasteiger partial charge is 0.497 e. The first-order valence-electron chi connectivity index (χ1n) is 8.98.